The maximum Gasteiger partial charge on any atom is 0.228 e. The Morgan fingerprint density at radius 1 is 1.13 bits per heavy atom. The number of nitrogens with zero attached hydrogens (tertiary/aromatic N) is 2. The van der Waals surface area contributed by atoms with Gasteiger partial charge in [0.15, 0.2) is 5.69 Å². The molecule has 0 saturated heterocycles. The first-order valence-electron chi connectivity index (χ1n) is 8.40. The van der Waals surface area contributed by atoms with E-state index >= 15 is 0 Å². The highest BCUT2D eigenvalue weighted by Crippen LogP contribution is 2.30. The van der Waals surface area contributed by atoms with Crippen LogP contribution in [0.15, 0.2) is 22.8 Å². The van der Waals surface area contributed by atoms with Crippen molar-refractivity contribution in [1.82, 2.24) is 10.3 Å². The van der Waals surface area contributed by atoms with Gasteiger partial charge in [0.05, 0.1) is 0 Å². The molecule has 1 aromatic carbocycles. The molecule has 0 spiro atoms. The molecule has 23 heavy (non-hydrogen) atoms. The molecule has 0 bridgehead atoms. The molecule has 2 rings (SSSR count). The van der Waals surface area contributed by atoms with Crippen LogP contribution in [0.4, 0.5) is 5.82 Å². The molecular formula is C18H25N3O2. The zero-order chi connectivity index (χ0) is 16.8. The fraction of sp³-hybridized carbons (Fsp3) is 0.500. The summed E-state index contributed by atoms with van der Waals surface area (Å²) in [5, 5.41) is 10.8. The predicted molar refractivity (Wildman–Crippen MR) is 91.2 cm³/mol. The molecule has 5 nitrogen and oxygen atoms in total. The third kappa shape index (κ3) is 3.78. The Morgan fingerprint density at radius 2 is 1.87 bits per heavy atom. The number of rotatable bonds is 7. The van der Waals surface area contributed by atoms with Gasteiger partial charge in [0.1, 0.15) is 0 Å². The van der Waals surface area contributed by atoms with Crippen molar-refractivity contribution in [2.45, 2.75) is 53.4 Å². The van der Waals surface area contributed by atoms with E-state index in [1.165, 1.54) is 5.56 Å². The summed E-state index contributed by atoms with van der Waals surface area (Å²) < 4.78 is 4.91. The number of hydrogen-bond donors (Lipinski definition) is 1. The van der Waals surface area contributed by atoms with Crippen LogP contribution in [-0.2, 0) is 17.6 Å². The predicted octanol–water partition coefficient (Wildman–Crippen LogP) is 4.24. The second kappa shape index (κ2) is 7.90. The Hall–Kier alpha value is -2.17. The van der Waals surface area contributed by atoms with Crippen molar-refractivity contribution in [3.63, 3.8) is 0 Å². The zero-order valence-corrected chi connectivity index (χ0v) is 14.3. The van der Waals surface area contributed by atoms with Gasteiger partial charge in [-0.3, -0.25) is 4.79 Å². The third-order valence-electron chi connectivity index (χ3n) is 4.31. The Morgan fingerprint density at radius 3 is 2.48 bits per heavy atom. The largest absolute Gasteiger partial charge is 0.306 e. The van der Waals surface area contributed by atoms with Crippen LogP contribution in [0.2, 0.25) is 0 Å². The molecule has 0 aliphatic carbocycles. The molecule has 5 heteroatoms. The van der Waals surface area contributed by atoms with E-state index in [1.54, 1.807) is 0 Å². The van der Waals surface area contributed by atoms with Gasteiger partial charge in [0, 0.05) is 11.5 Å². The van der Waals surface area contributed by atoms with Crippen molar-refractivity contribution in [2.75, 3.05) is 5.32 Å². The van der Waals surface area contributed by atoms with E-state index in [0.717, 1.165) is 36.8 Å². The highest BCUT2D eigenvalue weighted by atomic mass is 16.6. The van der Waals surface area contributed by atoms with Gasteiger partial charge in [0.25, 0.3) is 0 Å². The van der Waals surface area contributed by atoms with Crippen molar-refractivity contribution >= 4 is 11.7 Å². The van der Waals surface area contributed by atoms with Crippen molar-refractivity contribution < 1.29 is 9.42 Å². The van der Waals surface area contributed by atoms with E-state index in [0.29, 0.717) is 11.5 Å². The second-order valence-electron chi connectivity index (χ2n) is 5.66. The van der Waals surface area contributed by atoms with Gasteiger partial charge in [-0.1, -0.05) is 39.8 Å². The molecule has 2 aromatic rings. The van der Waals surface area contributed by atoms with Gasteiger partial charge in [-0.2, -0.15) is 0 Å². The Kier molecular flexibility index (Phi) is 5.90. The number of anilines is 1. The van der Waals surface area contributed by atoms with Gasteiger partial charge in [0.2, 0.25) is 11.7 Å². The lowest BCUT2D eigenvalue weighted by Crippen LogP contribution is -2.22. The fourth-order valence-electron chi connectivity index (χ4n) is 2.70. The monoisotopic (exact) mass is 315 g/mol. The average molecular weight is 315 g/mol. The van der Waals surface area contributed by atoms with E-state index in [1.807, 2.05) is 13.8 Å². The number of aromatic nitrogens is 2. The molecule has 0 fully saturated rings. The summed E-state index contributed by atoms with van der Waals surface area (Å²) in [6.07, 6.45) is 3.42. The maximum absolute atomic E-state index is 12.3. The minimum Gasteiger partial charge on any atom is -0.306 e. The van der Waals surface area contributed by atoms with Gasteiger partial charge >= 0.3 is 0 Å². The maximum atomic E-state index is 12.3. The minimum absolute atomic E-state index is 0.0211. The normalized spacial score (nSPS) is 11.0. The molecule has 0 atom stereocenters. The molecule has 0 unspecified atom stereocenters. The Balaban J connectivity index is 2.36. The first kappa shape index (κ1) is 17.2. The van der Waals surface area contributed by atoms with E-state index in [-0.39, 0.29) is 11.8 Å². The summed E-state index contributed by atoms with van der Waals surface area (Å²) in [6, 6.07) is 6.33. The van der Waals surface area contributed by atoms with Crippen LogP contribution in [0.3, 0.4) is 0 Å². The number of carbonyl (C=O) groups is 1. The fourth-order valence-corrected chi connectivity index (χ4v) is 2.70. The van der Waals surface area contributed by atoms with E-state index in [9.17, 15) is 4.79 Å². The molecule has 1 N–H and O–H groups in total. The topological polar surface area (TPSA) is 68.0 Å². The smallest absolute Gasteiger partial charge is 0.228 e. The second-order valence-corrected chi connectivity index (χ2v) is 5.66. The minimum atomic E-state index is -0.0309. The zero-order valence-electron chi connectivity index (χ0n) is 14.3. The number of carbonyl (C=O) groups excluding carboxylic acids is 1. The summed E-state index contributed by atoms with van der Waals surface area (Å²) in [4.78, 5) is 12.3. The highest BCUT2D eigenvalue weighted by Gasteiger charge is 2.21. The quantitative estimate of drug-likeness (QED) is 0.830. The molecule has 0 saturated carbocycles. The van der Waals surface area contributed by atoms with E-state index < -0.39 is 0 Å². The number of nitrogens with one attached hydrogen (secondary N) is 1. The van der Waals surface area contributed by atoms with Crippen LogP contribution in [0.25, 0.3) is 11.3 Å². The summed E-state index contributed by atoms with van der Waals surface area (Å²) >= 11 is 0. The van der Waals surface area contributed by atoms with Crippen molar-refractivity contribution in [2.24, 2.45) is 5.92 Å². The third-order valence-corrected chi connectivity index (χ3v) is 4.31. The number of benzene rings is 1. The highest BCUT2D eigenvalue weighted by molar-refractivity contribution is 5.94. The van der Waals surface area contributed by atoms with Crippen molar-refractivity contribution in [3.05, 3.63) is 29.3 Å². The molecule has 0 aliphatic rings. The average Bonchev–Trinajstić information content (AvgIpc) is 3.03. The van der Waals surface area contributed by atoms with Gasteiger partial charge in [-0.15, -0.1) is 0 Å². The molecule has 1 heterocycles. The van der Waals surface area contributed by atoms with Gasteiger partial charge in [-0.25, -0.2) is 4.63 Å². The Labute approximate surface area is 137 Å². The first-order valence-corrected chi connectivity index (χ1v) is 8.40. The lowest BCUT2D eigenvalue weighted by atomic mass is 9.98. The number of hydrogen-bond acceptors (Lipinski definition) is 4. The molecule has 1 aromatic heterocycles. The SMILES string of the molecule is CCc1ccc(CC)c(-c2nonc2NC(=O)C(CC)CC)c1. The van der Waals surface area contributed by atoms with Crippen molar-refractivity contribution in [3.8, 4) is 11.3 Å². The van der Waals surface area contributed by atoms with Crippen LogP contribution in [0, 0.1) is 5.92 Å². The van der Waals surface area contributed by atoms with Crippen molar-refractivity contribution in [1.29, 1.82) is 0 Å². The van der Waals surface area contributed by atoms with Crippen LogP contribution in [-0.4, -0.2) is 16.2 Å². The van der Waals surface area contributed by atoms with Crippen LogP contribution >= 0.6 is 0 Å². The van der Waals surface area contributed by atoms with E-state index in [2.05, 4.69) is 47.7 Å². The van der Waals surface area contributed by atoms with Crippen LogP contribution in [0.1, 0.15) is 51.7 Å². The number of aryl methyl sites for hydroxylation is 2. The first-order chi connectivity index (χ1) is 11.1. The number of amides is 1. The standard InChI is InChI=1S/C18H25N3O2/c1-5-12-9-10-14(8-4)15(11-12)16-17(21-23-20-16)19-18(22)13(6-2)7-3/h9-11,13H,5-8H2,1-4H3,(H,19,21,22). The Bertz CT molecular complexity index is 660. The van der Waals surface area contributed by atoms with Crippen LogP contribution < -0.4 is 5.32 Å². The summed E-state index contributed by atoms with van der Waals surface area (Å²) in [5.41, 5.74) is 3.97. The molecule has 124 valence electrons. The molecular weight excluding hydrogens is 290 g/mol. The van der Waals surface area contributed by atoms with Crippen LogP contribution in [0.5, 0.6) is 0 Å². The lowest BCUT2D eigenvalue weighted by Gasteiger charge is -2.12. The van der Waals surface area contributed by atoms with E-state index in [4.69, 9.17) is 4.63 Å². The summed E-state index contributed by atoms with van der Waals surface area (Å²) in [6.45, 7) is 8.23. The summed E-state index contributed by atoms with van der Waals surface area (Å²) in [7, 11) is 0. The van der Waals surface area contributed by atoms with Gasteiger partial charge in [-0.05, 0) is 53.2 Å². The molecule has 0 radical (unpaired) electrons. The lowest BCUT2D eigenvalue weighted by molar-refractivity contribution is -0.120. The molecule has 0 aliphatic heterocycles. The van der Waals surface area contributed by atoms with Gasteiger partial charge < -0.3 is 5.32 Å². The summed E-state index contributed by atoms with van der Waals surface area (Å²) in [5.74, 6) is 0.355. The molecule has 1 amide bonds.